The normalized spacial score (nSPS) is 11.1. The van der Waals surface area contributed by atoms with E-state index in [4.69, 9.17) is 4.74 Å². The van der Waals surface area contributed by atoms with Gasteiger partial charge in [0.25, 0.3) is 0 Å². The van der Waals surface area contributed by atoms with Crippen LogP contribution < -0.4 is 0 Å². The van der Waals surface area contributed by atoms with Crippen molar-refractivity contribution in [1.82, 2.24) is 14.8 Å². The number of hydrogen-bond donors (Lipinski definition) is 1. The molecule has 0 aliphatic rings. The molecule has 0 saturated heterocycles. The van der Waals surface area contributed by atoms with Gasteiger partial charge in [-0.1, -0.05) is 18.2 Å². The predicted molar refractivity (Wildman–Crippen MR) is 118 cm³/mol. The molecule has 0 atom stereocenters. The number of aromatic amines is 1. The number of hydrogen-bond acceptors (Lipinski definition) is 5. The number of benzene rings is 1. The molecule has 7 nitrogen and oxygen atoms in total. The lowest BCUT2D eigenvalue weighted by Crippen LogP contribution is -2.14. The van der Waals surface area contributed by atoms with Gasteiger partial charge >= 0.3 is 5.97 Å². The number of nitrogens with one attached hydrogen (secondary N) is 1. The molecule has 0 aliphatic heterocycles. The first-order chi connectivity index (χ1) is 14.7. The highest BCUT2D eigenvalue weighted by Crippen LogP contribution is 2.20. The maximum Gasteiger partial charge on any atom is 0.331 e. The van der Waals surface area contributed by atoms with Crippen LogP contribution in [0.1, 0.15) is 56.0 Å². The Morgan fingerprint density at radius 2 is 1.77 bits per heavy atom. The highest BCUT2D eigenvalue weighted by molar-refractivity contribution is 6.04. The molecule has 2 aromatic heterocycles. The first-order valence-electron chi connectivity index (χ1n) is 9.90. The molecule has 3 aromatic rings. The van der Waals surface area contributed by atoms with Crippen LogP contribution in [0.25, 0.3) is 11.8 Å². The monoisotopic (exact) mass is 419 g/mol. The van der Waals surface area contributed by atoms with E-state index < -0.39 is 12.6 Å². The van der Waals surface area contributed by atoms with Gasteiger partial charge in [0.1, 0.15) is 0 Å². The van der Waals surface area contributed by atoms with E-state index in [2.05, 4.69) is 10.1 Å². The van der Waals surface area contributed by atoms with Gasteiger partial charge in [-0.2, -0.15) is 5.10 Å². The van der Waals surface area contributed by atoms with Gasteiger partial charge in [0.15, 0.2) is 12.4 Å². The first kappa shape index (κ1) is 22.0. The standard InChI is InChI=1S/C24H25N3O4/c1-14-23(18(5)28)16(3)25-24(14)21(29)13-31-22(30)12-11-20-15(2)26-27(17(20)4)19-9-7-6-8-10-19/h6-12,25H,13H2,1-5H3/b12-11+. The molecule has 3 rings (SSSR count). The number of aromatic nitrogens is 3. The van der Waals surface area contributed by atoms with E-state index in [1.165, 1.54) is 13.0 Å². The van der Waals surface area contributed by atoms with Crippen molar-refractivity contribution in [2.45, 2.75) is 34.6 Å². The number of esters is 1. The minimum Gasteiger partial charge on any atom is -0.454 e. The molecule has 0 saturated carbocycles. The Kier molecular flexibility index (Phi) is 6.34. The molecule has 0 spiro atoms. The summed E-state index contributed by atoms with van der Waals surface area (Å²) >= 11 is 0. The highest BCUT2D eigenvalue weighted by atomic mass is 16.5. The van der Waals surface area contributed by atoms with Crippen LogP contribution in [0.3, 0.4) is 0 Å². The smallest absolute Gasteiger partial charge is 0.331 e. The molecule has 0 unspecified atom stereocenters. The summed E-state index contributed by atoms with van der Waals surface area (Å²) in [5.74, 6) is -1.14. The molecule has 0 amide bonds. The van der Waals surface area contributed by atoms with Gasteiger partial charge in [-0.15, -0.1) is 0 Å². The molecular formula is C24H25N3O4. The third-order valence-electron chi connectivity index (χ3n) is 5.15. The third-order valence-corrected chi connectivity index (χ3v) is 5.15. The number of ketones is 2. The number of rotatable bonds is 7. The van der Waals surface area contributed by atoms with Crippen LogP contribution >= 0.6 is 0 Å². The van der Waals surface area contributed by atoms with Crippen LogP contribution in [0, 0.1) is 27.7 Å². The minimum atomic E-state index is -0.632. The van der Waals surface area contributed by atoms with Crippen LogP contribution in [0.5, 0.6) is 0 Å². The summed E-state index contributed by atoms with van der Waals surface area (Å²) in [7, 11) is 0. The Morgan fingerprint density at radius 1 is 1.10 bits per heavy atom. The largest absolute Gasteiger partial charge is 0.454 e. The topological polar surface area (TPSA) is 94.0 Å². The first-order valence-corrected chi connectivity index (χ1v) is 9.90. The van der Waals surface area contributed by atoms with Crippen molar-refractivity contribution < 1.29 is 19.1 Å². The third kappa shape index (κ3) is 4.55. The molecule has 0 radical (unpaired) electrons. The summed E-state index contributed by atoms with van der Waals surface area (Å²) in [5, 5.41) is 4.53. The van der Waals surface area contributed by atoms with Crippen LogP contribution in [0.4, 0.5) is 0 Å². The van der Waals surface area contributed by atoms with E-state index in [1.54, 1.807) is 19.9 Å². The molecule has 2 heterocycles. The lowest BCUT2D eigenvalue weighted by molar-refractivity contribution is -0.136. The van der Waals surface area contributed by atoms with Crippen molar-refractivity contribution in [2.24, 2.45) is 0 Å². The van der Waals surface area contributed by atoms with E-state index in [-0.39, 0.29) is 17.3 Å². The average Bonchev–Trinajstić information content (AvgIpc) is 3.20. The average molecular weight is 419 g/mol. The van der Waals surface area contributed by atoms with Gasteiger partial charge in [-0.3, -0.25) is 9.59 Å². The summed E-state index contributed by atoms with van der Waals surface area (Å²) < 4.78 is 6.92. The van der Waals surface area contributed by atoms with Crippen LogP contribution in [0.2, 0.25) is 0 Å². The second-order valence-electron chi connectivity index (χ2n) is 7.38. The Morgan fingerprint density at radius 3 is 2.39 bits per heavy atom. The summed E-state index contributed by atoms with van der Waals surface area (Å²) in [6.07, 6.45) is 2.93. The van der Waals surface area contributed by atoms with Crippen LogP contribution in [0.15, 0.2) is 36.4 Å². The Balaban J connectivity index is 1.68. The quantitative estimate of drug-likeness (QED) is 0.354. The predicted octanol–water partition coefficient (Wildman–Crippen LogP) is 4.08. The number of H-pyrrole nitrogens is 1. The number of para-hydroxylation sites is 1. The van der Waals surface area contributed by atoms with Gasteiger partial charge < -0.3 is 9.72 Å². The van der Waals surface area contributed by atoms with Crippen molar-refractivity contribution in [3.63, 3.8) is 0 Å². The van der Waals surface area contributed by atoms with Gasteiger partial charge in [-0.25, -0.2) is 9.48 Å². The van der Waals surface area contributed by atoms with E-state index in [0.29, 0.717) is 16.8 Å². The molecule has 0 fully saturated rings. The minimum absolute atomic E-state index is 0.119. The number of carbonyl (C=O) groups excluding carboxylic acids is 3. The van der Waals surface area contributed by atoms with Crippen LogP contribution in [-0.2, 0) is 9.53 Å². The Labute approximate surface area is 180 Å². The van der Waals surface area contributed by atoms with E-state index in [0.717, 1.165) is 22.6 Å². The number of aryl methyl sites for hydroxylation is 2. The van der Waals surface area contributed by atoms with Crippen molar-refractivity contribution in [3.05, 3.63) is 75.9 Å². The molecular weight excluding hydrogens is 394 g/mol. The van der Waals surface area contributed by atoms with E-state index in [9.17, 15) is 14.4 Å². The number of Topliss-reactive ketones (excluding diaryl/α,β-unsaturated/α-hetero) is 2. The number of nitrogens with zero attached hydrogens (tertiary/aromatic N) is 2. The number of ether oxygens (including phenoxy) is 1. The zero-order valence-corrected chi connectivity index (χ0v) is 18.3. The molecule has 7 heteroatoms. The molecule has 160 valence electrons. The van der Waals surface area contributed by atoms with E-state index >= 15 is 0 Å². The Hall–Kier alpha value is -3.74. The van der Waals surface area contributed by atoms with Crippen molar-refractivity contribution in [1.29, 1.82) is 0 Å². The second-order valence-corrected chi connectivity index (χ2v) is 7.38. The maximum atomic E-state index is 12.4. The fourth-order valence-electron chi connectivity index (χ4n) is 3.68. The molecule has 1 aromatic carbocycles. The fraction of sp³-hybridized carbons (Fsp3) is 0.250. The fourth-order valence-corrected chi connectivity index (χ4v) is 3.68. The maximum absolute atomic E-state index is 12.4. The molecule has 0 bridgehead atoms. The molecule has 1 N–H and O–H groups in total. The van der Waals surface area contributed by atoms with Gasteiger partial charge in [0.05, 0.1) is 17.1 Å². The summed E-state index contributed by atoms with van der Waals surface area (Å²) in [6, 6.07) is 9.71. The highest BCUT2D eigenvalue weighted by Gasteiger charge is 2.20. The van der Waals surface area contributed by atoms with Crippen molar-refractivity contribution in [3.8, 4) is 5.69 Å². The zero-order chi connectivity index (χ0) is 22.7. The van der Waals surface area contributed by atoms with E-state index in [1.807, 2.05) is 48.9 Å². The molecule has 0 aliphatic carbocycles. The van der Waals surface area contributed by atoms with Gasteiger partial charge in [0, 0.05) is 28.6 Å². The summed E-state index contributed by atoms with van der Waals surface area (Å²) in [6.45, 7) is 8.25. The van der Waals surface area contributed by atoms with Crippen LogP contribution in [-0.4, -0.2) is 38.9 Å². The number of carbonyl (C=O) groups is 3. The lowest BCUT2D eigenvalue weighted by atomic mass is 10.1. The second kappa shape index (κ2) is 8.95. The zero-order valence-electron chi connectivity index (χ0n) is 18.3. The van der Waals surface area contributed by atoms with Crippen molar-refractivity contribution >= 4 is 23.6 Å². The SMILES string of the molecule is CC(=O)c1c(C)[nH]c(C(=O)COC(=O)/C=C/c2c(C)nn(-c3ccccc3)c2C)c1C. The Bertz CT molecular complexity index is 1180. The lowest BCUT2D eigenvalue weighted by Gasteiger charge is -2.04. The van der Waals surface area contributed by atoms with Crippen molar-refractivity contribution in [2.75, 3.05) is 6.61 Å². The van der Waals surface area contributed by atoms with Gasteiger partial charge in [-0.05, 0) is 58.4 Å². The summed E-state index contributed by atoms with van der Waals surface area (Å²) in [4.78, 5) is 39.2. The summed E-state index contributed by atoms with van der Waals surface area (Å²) in [5.41, 5.74) is 5.38. The molecule has 31 heavy (non-hydrogen) atoms. The van der Waals surface area contributed by atoms with Gasteiger partial charge in [0.2, 0.25) is 5.78 Å².